The zero-order valence-corrected chi connectivity index (χ0v) is 12.2. The first-order valence-electron chi connectivity index (χ1n) is 6.45. The van der Waals surface area contributed by atoms with E-state index >= 15 is 0 Å². The van der Waals surface area contributed by atoms with E-state index in [0.717, 1.165) is 25.4 Å². The fourth-order valence-corrected chi connectivity index (χ4v) is 1.79. The third-order valence-electron chi connectivity index (χ3n) is 2.95. The summed E-state index contributed by atoms with van der Waals surface area (Å²) >= 11 is 0. The highest BCUT2D eigenvalue weighted by molar-refractivity contribution is 5.55. The lowest BCUT2D eigenvalue weighted by Crippen LogP contribution is -2.23. The number of rotatable bonds is 7. The molecule has 1 aromatic rings. The third kappa shape index (κ3) is 4.63. The molecule has 0 unspecified atom stereocenters. The van der Waals surface area contributed by atoms with E-state index in [4.69, 9.17) is 4.74 Å². The van der Waals surface area contributed by atoms with Crippen LogP contribution in [0.3, 0.4) is 0 Å². The summed E-state index contributed by atoms with van der Waals surface area (Å²) in [6.07, 6.45) is 4.31. The van der Waals surface area contributed by atoms with Crippen LogP contribution in [0.1, 0.15) is 25.1 Å². The van der Waals surface area contributed by atoms with Gasteiger partial charge in [-0.15, -0.1) is 0 Å². The van der Waals surface area contributed by atoms with Crippen LogP contribution in [0.25, 0.3) is 6.08 Å². The van der Waals surface area contributed by atoms with E-state index in [1.54, 1.807) is 7.11 Å². The number of ether oxygens (including phenoxy) is 1. The van der Waals surface area contributed by atoms with E-state index < -0.39 is 0 Å². The molecular weight excluding hydrogens is 226 g/mol. The fourth-order valence-electron chi connectivity index (χ4n) is 1.79. The number of hydrogen-bond donors (Lipinski definition) is 1. The SMILES string of the molecule is COCCNCC(=Cc1cn(C)nc1C)C(C)C. The topological polar surface area (TPSA) is 39.1 Å². The maximum absolute atomic E-state index is 5.03. The first kappa shape index (κ1) is 14.9. The number of methoxy groups -OCH3 is 1. The van der Waals surface area contributed by atoms with Crippen LogP contribution in [0.4, 0.5) is 0 Å². The first-order chi connectivity index (χ1) is 8.54. The zero-order valence-electron chi connectivity index (χ0n) is 12.2. The van der Waals surface area contributed by atoms with Crippen molar-refractivity contribution in [1.82, 2.24) is 15.1 Å². The second-order valence-corrected chi connectivity index (χ2v) is 4.89. The molecule has 0 saturated heterocycles. The number of nitrogens with one attached hydrogen (secondary N) is 1. The van der Waals surface area contributed by atoms with E-state index in [-0.39, 0.29) is 0 Å². The minimum Gasteiger partial charge on any atom is -0.383 e. The van der Waals surface area contributed by atoms with Crippen molar-refractivity contribution < 1.29 is 4.74 Å². The van der Waals surface area contributed by atoms with Crippen molar-refractivity contribution in [3.63, 3.8) is 0 Å². The lowest BCUT2D eigenvalue weighted by Gasteiger charge is -2.12. The molecule has 1 aromatic heterocycles. The maximum atomic E-state index is 5.03. The quantitative estimate of drug-likeness (QED) is 0.753. The van der Waals surface area contributed by atoms with Crippen molar-refractivity contribution in [1.29, 1.82) is 0 Å². The molecule has 4 nitrogen and oxygen atoms in total. The number of hydrogen-bond acceptors (Lipinski definition) is 3. The Bertz CT molecular complexity index is 394. The van der Waals surface area contributed by atoms with Gasteiger partial charge in [-0.2, -0.15) is 5.10 Å². The van der Waals surface area contributed by atoms with Crippen molar-refractivity contribution in [3.05, 3.63) is 23.0 Å². The highest BCUT2D eigenvalue weighted by Crippen LogP contribution is 2.16. The number of aromatic nitrogens is 2. The summed E-state index contributed by atoms with van der Waals surface area (Å²) < 4.78 is 6.89. The van der Waals surface area contributed by atoms with Gasteiger partial charge in [0.15, 0.2) is 0 Å². The third-order valence-corrected chi connectivity index (χ3v) is 2.95. The molecule has 0 aliphatic heterocycles. The first-order valence-corrected chi connectivity index (χ1v) is 6.45. The molecule has 0 aliphatic carbocycles. The second kappa shape index (κ2) is 7.34. The Morgan fingerprint density at radius 1 is 1.56 bits per heavy atom. The summed E-state index contributed by atoms with van der Waals surface area (Å²) in [6.45, 7) is 9.01. The smallest absolute Gasteiger partial charge is 0.0665 e. The molecule has 0 radical (unpaired) electrons. The highest BCUT2D eigenvalue weighted by atomic mass is 16.5. The molecule has 0 saturated carbocycles. The summed E-state index contributed by atoms with van der Waals surface area (Å²) in [7, 11) is 3.68. The van der Waals surface area contributed by atoms with Gasteiger partial charge < -0.3 is 10.1 Å². The van der Waals surface area contributed by atoms with E-state index in [1.807, 2.05) is 18.7 Å². The van der Waals surface area contributed by atoms with Gasteiger partial charge in [0, 0.05) is 39.0 Å². The summed E-state index contributed by atoms with van der Waals surface area (Å²) in [5, 5.41) is 7.76. The maximum Gasteiger partial charge on any atom is 0.0665 e. The van der Waals surface area contributed by atoms with Crippen molar-refractivity contribution >= 4 is 6.08 Å². The van der Waals surface area contributed by atoms with Crippen LogP contribution in [0.15, 0.2) is 11.8 Å². The van der Waals surface area contributed by atoms with Gasteiger partial charge in [-0.1, -0.05) is 25.5 Å². The van der Waals surface area contributed by atoms with Crippen molar-refractivity contribution in [2.24, 2.45) is 13.0 Å². The minimum absolute atomic E-state index is 0.527. The van der Waals surface area contributed by atoms with Crippen LogP contribution in [0.2, 0.25) is 0 Å². The van der Waals surface area contributed by atoms with Crippen LogP contribution in [0.5, 0.6) is 0 Å². The Labute approximate surface area is 110 Å². The Hall–Kier alpha value is -1.13. The Balaban J connectivity index is 2.69. The van der Waals surface area contributed by atoms with Gasteiger partial charge in [-0.05, 0) is 12.8 Å². The highest BCUT2D eigenvalue weighted by Gasteiger charge is 2.06. The Kier molecular flexibility index (Phi) is 6.09. The minimum atomic E-state index is 0.527. The summed E-state index contributed by atoms with van der Waals surface area (Å²) in [5.74, 6) is 0.527. The standard InChI is InChI=1S/C14H25N3O/c1-11(2)13(9-15-6-7-18-5)8-14-10-17(4)16-12(14)3/h8,10-11,15H,6-7,9H2,1-5H3. The van der Waals surface area contributed by atoms with E-state index in [1.165, 1.54) is 11.1 Å². The predicted molar refractivity (Wildman–Crippen MR) is 75.5 cm³/mol. The molecule has 4 heteroatoms. The van der Waals surface area contributed by atoms with Crippen molar-refractivity contribution in [3.8, 4) is 0 Å². The van der Waals surface area contributed by atoms with Crippen molar-refractivity contribution in [2.45, 2.75) is 20.8 Å². The molecule has 102 valence electrons. The average Bonchev–Trinajstić information content (AvgIpc) is 2.61. The van der Waals surface area contributed by atoms with Gasteiger partial charge in [-0.3, -0.25) is 4.68 Å². The Morgan fingerprint density at radius 2 is 2.28 bits per heavy atom. The van der Waals surface area contributed by atoms with Gasteiger partial charge in [0.2, 0.25) is 0 Å². The second-order valence-electron chi connectivity index (χ2n) is 4.89. The van der Waals surface area contributed by atoms with Gasteiger partial charge in [0.05, 0.1) is 12.3 Å². The van der Waals surface area contributed by atoms with Crippen molar-refractivity contribution in [2.75, 3.05) is 26.8 Å². The van der Waals surface area contributed by atoms with Gasteiger partial charge in [-0.25, -0.2) is 0 Å². The van der Waals surface area contributed by atoms with Gasteiger partial charge >= 0.3 is 0 Å². The molecule has 1 rings (SSSR count). The van der Waals surface area contributed by atoms with Crippen LogP contribution in [0, 0.1) is 12.8 Å². The molecule has 1 heterocycles. The molecule has 0 bridgehead atoms. The van der Waals surface area contributed by atoms with Crippen LogP contribution >= 0.6 is 0 Å². The predicted octanol–water partition coefficient (Wildman–Crippen LogP) is 2.00. The lowest BCUT2D eigenvalue weighted by atomic mass is 10.0. The Morgan fingerprint density at radius 3 is 2.78 bits per heavy atom. The molecule has 0 atom stereocenters. The van der Waals surface area contributed by atoms with E-state index in [9.17, 15) is 0 Å². The van der Waals surface area contributed by atoms with Crippen LogP contribution < -0.4 is 5.32 Å². The summed E-state index contributed by atoms with van der Waals surface area (Å²) in [4.78, 5) is 0. The van der Waals surface area contributed by atoms with Gasteiger partial charge in [0.25, 0.3) is 0 Å². The van der Waals surface area contributed by atoms with Crippen LogP contribution in [-0.4, -0.2) is 36.6 Å². The zero-order chi connectivity index (χ0) is 13.5. The van der Waals surface area contributed by atoms with E-state index in [2.05, 4.69) is 36.5 Å². The molecule has 0 amide bonds. The monoisotopic (exact) mass is 251 g/mol. The van der Waals surface area contributed by atoms with E-state index in [0.29, 0.717) is 5.92 Å². The largest absolute Gasteiger partial charge is 0.383 e. The lowest BCUT2D eigenvalue weighted by molar-refractivity contribution is 0.200. The molecule has 0 aromatic carbocycles. The van der Waals surface area contributed by atoms with Gasteiger partial charge in [0.1, 0.15) is 0 Å². The average molecular weight is 251 g/mol. The molecule has 18 heavy (non-hydrogen) atoms. The molecular formula is C14H25N3O. The number of nitrogens with zero attached hydrogens (tertiary/aromatic N) is 2. The molecule has 0 aliphatic rings. The molecule has 1 N–H and O–H groups in total. The van der Waals surface area contributed by atoms with Crippen LogP contribution in [-0.2, 0) is 11.8 Å². The summed E-state index contributed by atoms with van der Waals surface area (Å²) in [6, 6.07) is 0. The molecule has 0 spiro atoms. The molecule has 0 fully saturated rings. The number of aryl methyl sites for hydroxylation is 2. The normalized spacial score (nSPS) is 12.4. The fraction of sp³-hybridized carbons (Fsp3) is 0.643. The summed E-state index contributed by atoms with van der Waals surface area (Å²) in [5.41, 5.74) is 3.67.